The minimum atomic E-state index is 0.561. The van der Waals surface area contributed by atoms with Gasteiger partial charge in [0, 0.05) is 31.4 Å². The third kappa shape index (κ3) is 2.41. The largest absolute Gasteiger partial charge is 0.469 e. The van der Waals surface area contributed by atoms with Crippen molar-refractivity contribution in [2.75, 3.05) is 11.9 Å². The first kappa shape index (κ1) is 12.7. The molecule has 2 N–H and O–H groups in total. The van der Waals surface area contributed by atoms with Gasteiger partial charge in [0.2, 0.25) is 0 Å². The van der Waals surface area contributed by atoms with Gasteiger partial charge in [-0.3, -0.25) is 0 Å². The van der Waals surface area contributed by atoms with Crippen LogP contribution in [0, 0.1) is 13.8 Å². The number of para-hydroxylation sites is 1. The van der Waals surface area contributed by atoms with Gasteiger partial charge in [-0.25, -0.2) is 0 Å². The topological polar surface area (TPSA) is 42.4 Å². The molecule has 0 aliphatic heterocycles. The molecule has 0 aliphatic rings. The molecule has 0 atom stereocenters. The van der Waals surface area contributed by atoms with Gasteiger partial charge < -0.3 is 15.1 Å². The van der Waals surface area contributed by atoms with Gasteiger partial charge in [0.15, 0.2) is 0 Å². The summed E-state index contributed by atoms with van der Waals surface area (Å²) in [5.41, 5.74) is 10.7. The van der Waals surface area contributed by atoms with Crippen LogP contribution in [0.25, 0.3) is 0 Å². The Morgan fingerprint density at radius 3 is 2.56 bits per heavy atom. The van der Waals surface area contributed by atoms with Crippen molar-refractivity contribution in [3.05, 3.63) is 53.0 Å². The fourth-order valence-electron chi connectivity index (χ4n) is 2.34. The monoisotopic (exact) mass is 244 g/mol. The van der Waals surface area contributed by atoms with E-state index in [4.69, 9.17) is 10.2 Å². The van der Waals surface area contributed by atoms with Gasteiger partial charge in [-0.1, -0.05) is 18.2 Å². The Labute approximate surface area is 108 Å². The van der Waals surface area contributed by atoms with Crippen LogP contribution in [0.1, 0.15) is 22.5 Å². The highest BCUT2D eigenvalue weighted by Gasteiger charge is 2.11. The summed E-state index contributed by atoms with van der Waals surface area (Å²) >= 11 is 0. The summed E-state index contributed by atoms with van der Waals surface area (Å²) in [6.07, 6.45) is 1.74. The molecule has 18 heavy (non-hydrogen) atoms. The molecule has 0 amide bonds. The Kier molecular flexibility index (Phi) is 3.72. The minimum Gasteiger partial charge on any atom is -0.469 e. The van der Waals surface area contributed by atoms with Crippen LogP contribution in [0.3, 0.4) is 0 Å². The Morgan fingerprint density at radius 2 is 1.94 bits per heavy atom. The van der Waals surface area contributed by atoms with Gasteiger partial charge >= 0.3 is 0 Å². The van der Waals surface area contributed by atoms with Crippen molar-refractivity contribution in [2.24, 2.45) is 5.73 Å². The first-order chi connectivity index (χ1) is 8.63. The van der Waals surface area contributed by atoms with E-state index in [2.05, 4.69) is 37.1 Å². The number of benzene rings is 1. The Morgan fingerprint density at radius 1 is 1.17 bits per heavy atom. The first-order valence-electron chi connectivity index (χ1n) is 6.16. The molecule has 0 fully saturated rings. The fraction of sp³-hybridized carbons (Fsp3) is 0.333. The molecule has 3 nitrogen and oxygen atoms in total. The summed E-state index contributed by atoms with van der Waals surface area (Å²) < 4.78 is 5.34. The Balaban J connectivity index is 2.29. The lowest BCUT2D eigenvalue weighted by molar-refractivity contribution is 0.529. The average molecular weight is 244 g/mol. The normalized spacial score (nSPS) is 10.7. The average Bonchev–Trinajstić information content (AvgIpc) is 2.74. The van der Waals surface area contributed by atoms with E-state index in [1.165, 1.54) is 22.4 Å². The van der Waals surface area contributed by atoms with Crippen molar-refractivity contribution in [3.63, 3.8) is 0 Å². The van der Waals surface area contributed by atoms with E-state index in [0.717, 1.165) is 12.3 Å². The second-order valence-corrected chi connectivity index (χ2v) is 4.64. The summed E-state index contributed by atoms with van der Waals surface area (Å²) in [5, 5.41) is 0. The molecule has 0 bridgehead atoms. The zero-order valence-corrected chi connectivity index (χ0v) is 11.2. The lowest BCUT2D eigenvalue weighted by atomic mass is 10.1. The van der Waals surface area contributed by atoms with E-state index in [0.29, 0.717) is 6.54 Å². The van der Waals surface area contributed by atoms with E-state index in [-0.39, 0.29) is 0 Å². The summed E-state index contributed by atoms with van der Waals surface area (Å²) in [4.78, 5) is 2.23. The second-order valence-electron chi connectivity index (χ2n) is 4.64. The van der Waals surface area contributed by atoms with E-state index < -0.39 is 0 Å². The quantitative estimate of drug-likeness (QED) is 0.899. The van der Waals surface area contributed by atoms with Crippen LogP contribution in [0.5, 0.6) is 0 Å². The van der Waals surface area contributed by atoms with Crippen LogP contribution >= 0.6 is 0 Å². The van der Waals surface area contributed by atoms with Crippen LogP contribution in [0.4, 0.5) is 5.69 Å². The molecule has 1 aromatic carbocycles. The van der Waals surface area contributed by atoms with Crippen LogP contribution in [0.2, 0.25) is 0 Å². The van der Waals surface area contributed by atoms with Crippen LogP contribution in [-0.2, 0) is 13.1 Å². The number of furan rings is 1. The van der Waals surface area contributed by atoms with Crippen molar-refractivity contribution in [3.8, 4) is 0 Å². The highest BCUT2D eigenvalue weighted by Crippen LogP contribution is 2.26. The number of anilines is 1. The Hall–Kier alpha value is -1.74. The molecular weight excluding hydrogens is 224 g/mol. The van der Waals surface area contributed by atoms with Crippen LogP contribution in [0.15, 0.2) is 34.9 Å². The first-order valence-corrected chi connectivity index (χ1v) is 6.16. The molecule has 1 aromatic heterocycles. The molecule has 1 heterocycles. The molecule has 3 heteroatoms. The fourth-order valence-corrected chi connectivity index (χ4v) is 2.34. The maximum atomic E-state index is 5.82. The molecule has 2 aromatic rings. The van der Waals surface area contributed by atoms with Crippen molar-refractivity contribution in [1.82, 2.24) is 0 Å². The standard InChI is InChI=1S/C15H20N2O/c1-11-5-4-6-13(9-16)15(11)17(3)10-14-7-8-18-12(14)2/h4-8H,9-10,16H2,1-3H3. The minimum absolute atomic E-state index is 0.561. The van der Waals surface area contributed by atoms with Gasteiger partial charge in [-0.05, 0) is 31.0 Å². The molecule has 0 unspecified atom stereocenters. The zero-order valence-electron chi connectivity index (χ0n) is 11.2. The number of aryl methyl sites for hydroxylation is 2. The molecule has 0 spiro atoms. The molecule has 0 radical (unpaired) electrons. The van der Waals surface area contributed by atoms with Crippen LogP contribution in [-0.4, -0.2) is 7.05 Å². The van der Waals surface area contributed by atoms with Crippen molar-refractivity contribution in [2.45, 2.75) is 26.9 Å². The summed E-state index contributed by atoms with van der Waals surface area (Å²) in [6, 6.07) is 8.28. The maximum absolute atomic E-state index is 5.82. The maximum Gasteiger partial charge on any atom is 0.105 e. The molecule has 96 valence electrons. The van der Waals surface area contributed by atoms with Gasteiger partial charge in [0.1, 0.15) is 5.76 Å². The molecular formula is C15H20N2O. The smallest absolute Gasteiger partial charge is 0.105 e. The highest BCUT2D eigenvalue weighted by molar-refractivity contribution is 5.59. The van der Waals surface area contributed by atoms with Gasteiger partial charge in [0.05, 0.1) is 6.26 Å². The van der Waals surface area contributed by atoms with Gasteiger partial charge in [-0.2, -0.15) is 0 Å². The van der Waals surface area contributed by atoms with Crippen LogP contribution < -0.4 is 10.6 Å². The summed E-state index contributed by atoms with van der Waals surface area (Å²) in [7, 11) is 2.09. The van der Waals surface area contributed by atoms with E-state index in [1.807, 2.05) is 13.0 Å². The number of nitrogens with two attached hydrogens (primary N) is 1. The predicted octanol–water partition coefficient (Wildman–Crippen LogP) is 2.99. The summed E-state index contributed by atoms with van der Waals surface area (Å²) in [6.45, 7) is 5.50. The van der Waals surface area contributed by atoms with Crippen molar-refractivity contribution in [1.29, 1.82) is 0 Å². The van der Waals surface area contributed by atoms with Gasteiger partial charge in [0.25, 0.3) is 0 Å². The molecule has 0 saturated heterocycles. The number of nitrogens with zero attached hydrogens (tertiary/aromatic N) is 1. The van der Waals surface area contributed by atoms with Crippen molar-refractivity contribution < 1.29 is 4.42 Å². The number of rotatable bonds is 4. The zero-order chi connectivity index (χ0) is 13.1. The Bertz CT molecular complexity index is 531. The van der Waals surface area contributed by atoms with Gasteiger partial charge in [-0.15, -0.1) is 0 Å². The molecule has 0 aliphatic carbocycles. The highest BCUT2D eigenvalue weighted by atomic mass is 16.3. The lowest BCUT2D eigenvalue weighted by Gasteiger charge is -2.24. The molecule has 0 saturated carbocycles. The second kappa shape index (κ2) is 5.27. The predicted molar refractivity (Wildman–Crippen MR) is 74.6 cm³/mol. The molecule has 2 rings (SSSR count). The van der Waals surface area contributed by atoms with E-state index in [9.17, 15) is 0 Å². The SMILES string of the molecule is Cc1cccc(CN)c1N(C)Cc1ccoc1C. The lowest BCUT2D eigenvalue weighted by Crippen LogP contribution is -2.20. The van der Waals surface area contributed by atoms with E-state index in [1.54, 1.807) is 6.26 Å². The third-order valence-corrected chi connectivity index (χ3v) is 3.30. The number of hydrogen-bond acceptors (Lipinski definition) is 3. The van der Waals surface area contributed by atoms with E-state index >= 15 is 0 Å². The van der Waals surface area contributed by atoms with Crippen molar-refractivity contribution >= 4 is 5.69 Å². The number of hydrogen-bond donors (Lipinski definition) is 1. The third-order valence-electron chi connectivity index (χ3n) is 3.30. The summed E-state index contributed by atoms with van der Waals surface area (Å²) in [5.74, 6) is 0.977.